The van der Waals surface area contributed by atoms with Crippen LogP contribution in [0, 0.1) is 0 Å². The van der Waals surface area contributed by atoms with E-state index in [0.717, 1.165) is 11.3 Å². The Bertz CT molecular complexity index is 467. The molecular weight excluding hydrogens is 280 g/mol. The molecule has 1 aromatic heterocycles. The van der Waals surface area contributed by atoms with Gasteiger partial charge in [-0.25, -0.2) is 14.6 Å². The number of amides is 1. The second kappa shape index (κ2) is 5.53. The first-order valence-corrected chi connectivity index (χ1v) is 6.17. The van der Waals surface area contributed by atoms with Crippen molar-refractivity contribution < 1.29 is 19.1 Å². The van der Waals surface area contributed by atoms with E-state index in [1.807, 2.05) is 0 Å². The van der Waals surface area contributed by atoms with Crippen molar-refractivity contribution >= 4 is 40.1 Å². The summed E-state index contributed by atoms with van der Waals surface area (Å²) < 4.78 is 9.67. The third kappa shape index (κ3) is 4.15. The van der Waals surface area contributed by atoms with E-state index >= 15 is 0 Å². The Hall–Kier alpha value is -1.34. The topological polar surface area (TPSA) is 77.5 Å². The molecule has 0 radical (unpaired) electrons. The number of ether oxygens (including phenoxy) is 2. The van der Waals surface area contributed by atoms with Crippen molar-refractivity contribution in [2.45, 2.75) is 26.4 Å². The number of rotatable bonds is 2. The number of aromatic nitrogens is 1. The van der Waals surface area contributed by atoms with Crippen LogP contribution < -0.4 is 5.32 Å². The number of halogens is 1. The van der Waals surface area contributed by atoms with E-state index in [0.29, 0.717) is 0 Å². The monoisotopic (exact) mass is 292 g/mol. The van der Waals surface area contributed by atoms with Gasteiger partial charge in [-0.3, -0.25) is 5.32 Å². The maximum Gasteiger partial charge on any atom is 0.413 e. The highest BCUT2D eigenvalue weighted by Gasteiger charge is 2.21. The molecule has 0 atom stereocenters. The van der Waals surface area contributed by atoms with E-state index in [9.17, 15) is 9.59 Å². The zero-order valence-electron chi connectivity index (χ0n) is 10.4. The fourth-order valence-corrected chi connectivity index (χ4v) is 1.97. The van der Waals surface area contributed by atoms with Gasteiger partial charge < -0.3 is 9.47 Å². The third-order valence-corrected chi connectivity index (χ3v) is 2.74. The van der Waals surface area contributed by atoms with Crippen LogP contribution in [-0.2, 0) is 9.47 Å². The largest absolute Gasteiger partial charge is 0.464 e. The lowest BCUT2D eigenvalue weighted by molar-refractivity contribution is 0.0590. The van der Waals surface area contributed by atoms with Crippen LogP contribution in [0.1, 0.15) is 31.3 Å². The average Bonchev–Trinajstić information content (AvgIpc) is 2.55. The lowest BCUT2D eigenvalue weighted by Gasteiger charge is -2.18. The maximum absolute atomic E-state index is 11.5. The minimum atomic E-state index is -0.663. The van der Waals surface area contributed by atoms with Crippen molar-refractivity contribution in [1.29, 1.82) is 0 Å². The molecule has 0 fully saturated rings. The second-order valence-electron chi connectivity index (χ2n) is 4.26. The van der Waals surface area contributed by atoms with Gasteiger partial charge in [0.2, 0.25) is 0 Å². The van der Waals surface area contributed by atoms with Gasteiger partial charge >= 0.3 is 12.1 Å². The van der Waals surface area contributed by atoms with E-state index in [1.54, 1.807) is 20.8 Å². The van der Waals surface area contributed by atoms with Crippen LogP contribution in [0.3, 0.4) is 0 Å². The van der Waals surface area contributed by atoms with Crippen molar-refractivity contribution in [3.8, 4) is 0 Å². The van der Waals surface area contributed by atoms with Crippen molar-refractivity contribution in [3.05, 3.63) is 10.0 Å². The van der Waals surface area contributed by atoms with Gasteiger partial charge in [0.25, 0.3) is 0 Å². The zero-order chi connectivity index (χ0) is 13.9. The summed E-state index contributed by atoms with van der Waals surface area (Å²) in [6, 6.07) is 0. The van der Waals surface area contributed by atoms with E-state index < -0.39 is 17.7 Å². The molecule has 6 nitrogen and oxygen atoms in total. The molecule has 0 unspecified atom stereocenters. The molecule has 100 valence electrons. The molecule has 0 spiro atoms. The molecule has 18 heavy (non-hydrogen) atoms. The molecule has 0 bridgehead atoms. The molecule has 0 saturated heterocycles. The summed E-state index contributed by atoms with van der Waals surface area (Å²) in [5.41, 5.74) is -0.647. The predicted molar refractivity (Wildman–Crippen MR) is 68.3 cm³/mol. The smallest absolute Gasteiger partial charge is 0.413 e. The number of carbonyl (C=O) groups excluding carboxylic acids is 2. The van der Waals surface area contributed by atoms with Crippen LogP contribution in [0.25, 0.3) is 0 Å². The number of hydrogen-bond acceptors (Lipinski definition) is 6. The number of thiazole rings is 1. The highest BCUT2D eigenvalue weighted by molar-refractivity contribution is 7.20. The third-order valence-electron chi connectivity index (χ3n) is 1.57. The van der Waals surface area contributed by atoms with Gasteiger partial charge in [-0.1, -0.05) is 22.9 Å². The average molecular weight is 293 g/mol. The highest BCUT2D eigenvalue weighted by Crippen LogP contribution is 2.28. The van der Waals surface area contributed by atoms with Crippen LogP contribution in [0.5, 0.6) is 0 Å². The lowest BCUT2D eigenvalue weighted by Crippen LogP contribution is -2.27. The number of nitrogens with zero attached hydrogens (tertiary/aromatic N) is 1. The van der Waals surface area contributed by atoms with E-state index in [2.05, 4.69) is 15.0 Å². The van der Waals surface area contributed by atoms with Gasteiger partial charge in [0.15, 0.2) is 10.8 Å². The predicted octanol–water partition coefficient (Wildman–Crippen LogP) is 2.93. The van der Waals surface area contributed by atoms with Crippen LogP contribution in [-0.4, -0.2) is 29.8 Å². The van der Waals surface area contributed by atoms with Gasteiger partial charge in [0.05, 0.1) is 7.11 Å². The van der Waals surface area contributed by atoms with E-state index in [1.165, 1.54) is 7.11 Å². The number of anilines is 1. The first-order valence-electron chi connectivity index (χ1n) is 4.97. The first kappa shape index (κ1) is 14.7. The molecule has 0 aliphatic rings. The lowest BCUT2D eigenvalue weighted by atomic mass is 10.2. The summed E-state index contributed by atoms with van der Waals surface area (Å²) in [5, 5.41) is 2.57. The Labute approximate surface area is 113 Å². The summed E-state index contributed by atoms with van der Waals surface area (Å²) in [6.45, 7) is 5.21. The molecule has 0 aliphatic heterocycles. The molecule has 0 aliphatic carbocycles. The van der Waals surface area contributed by atoms with Gasteiger partial charge in [-0.2, -0.15) is 0 Å². The van der Waals surface area contributed by atoms with E-state index in [-0.39, 0.29) is 15.2 Å². The number of hydrogen-bond donors (Lipinski definition) is 1. The van der Waals surface area contributed by atoms with E-state index in [4.69, 9.17) is 16.3 Å². The Morgan fingerprint density at radius 3 is 2.50 bits per heavy atom. The number of methoxy groups -OCH3 is 1. The fraction of sp³-hybridized carbons (Fsp3) is 0.500. The quantitative estimate of drug-likeness (QED) is 0.848. The Balaban J connectivity index is 2.75. The summed E-state index contributed by atoms with van der Waals surface area (Å²) in [7, 11) is 1.22. The van der Waals surface area contributed by atoms with Crippen LogP contribution in [0.15, 0.2) is 0 Å². The Morgan fingerprint density at radius 2 is 2.00 bits per heavy atom. The summed E-state index contributed by atoms with van der Waals surface area (Å²) in [6.07, 6.45) is -0.663. The normalized spacial score (nSPS) is 10.9. The summed E-state index contributed by atoms with van der Waals surface area (Å²) >= 11 is 6.75. The molecule has 8 heteroatoms. The fourth-order valence-electron chi connectivity index (χ4n) is 0.968. The minimum Gasteiger partial charge on any atom is -0.464 e. The van der Waals surface area contributed by atoms with Crippen molar-refractivity contribution in [1.82, 2.24) is 4.98 Å². The zero-order valence-corrected chi connectivity index (χ0v) is 11.9. The van der Waals surface area contributed by atoms with Crippen LogP contribution in [0.4, 0.5) is 9.93 Å². The molecule has 1 amide bonds. The number of nitrogens with one attached hydrogen (secondary N) is 1. The molecule has 0 aromatic carbocycles. The standard InChI is InChI=1S/C10H13ClN2O4S/c1-10(2,3)17-9(15)13-8-12-5(6(11)18-8)7(14)16-4/h1-4H3,(H,12,13,15). The second-order valence-corrected chi connectivity index (χ2v) is 5.86. The molecule has 1 aromatic rings. The molecule has 1 heterocycles. The van der Waals surface area contributed by atoms with Gasteiger partial charge in [-0.15, -0.1) is 0 Å². The van der Waals surface area contributed by atoms with Gasteiger partial charge in [0, 0.05) is 0 Å². The Morgan fingerprint density at radius 1 is 1.39 bits per heavy atom. The highest BCUT2D eigenvalue weighted by atomic mass is 35.5. The van der Waals surface area contributed by atoms with Crippen molar-refractivity contribution in [2.24, 2.45) is 0 Å². The molecule has 1 N–H and O–H groups in total. The Kier molecular flexibility index (Phi) is 4.53. The number of carbonyl (C=O) groups is 2. The van der Waals surface area contributed by atoms with Crippen molar-refractivity contribution in [3.63, 3.8) is 0 Å². The summed E-state index contributed by atoms with van der Waals surface area (Å²) in [4.78, 5) is 26.6. The van der Waals surface area contributed by atoms with Gasteiger partial charge in [-0.05, 0) is 20.8 Å². The first-order chi connectivity index (χ1) is 8.23. The molecule has 0 saturated carbocycles. The van der Waals surface area contributed by atoms with Crippen LogP contribution >= 0.6 is 22.9 Å². The molecule has 1 rings (SSSR count). The SMILES string of the molecule is COC(=O)c1nc(NC(=O)OC(C)(C)C)sc1Cl. The van der Waals surface area contributed by atoms with Crippen LogP contribution in [0.2, 0.25) is 4.34 Å². The van der Waals surface area contributed by atoms with Gasteiger partial charge in [0.1, 0.15) is 9.94 Å². The maximum atomic E-state index is 11.5. The number of esters is 1. The minimum absolute atomic E-state index is 0.0322. The van der Waals surface area contributed by atoms with Crippen molar-refractivity contribution in [2.75, 3.05) is 12.4 Å². The molecular formula is C10H13ClN2O4S. The summed E-state index contributed by atoms with van der Waals surface area (Å²) in [5.74, 6) is -0.659.